The second-order valence-electron chi connectivity index (χ2n) is 7.75. The van der Waals surface area contributed by atoms with E-state index in [4.69, 9.17) is 16.3 Å². The molecule has 0 bridgehead atoms. The van der Waals surface area contributed by atoms with Gasteiger partial charge < -0.3 is 15.4 Å². The molecule has 0 unspecified atom stereocenters. The number of rotatable bonds is 5. The van der Waals surface area contributed by atoms with Crippen LogP contribution in [0.1, 0.15) is 16.1 Å². The smallest absolute Gasteiger partial charge is 0.435 e. The quantitative estimate of drug-likeness (QED) is 0.171. The standard InChI is InChI=1S/C23H17ClF5N7O2/c1-36-10-16(20(35-36)23(27,28)29)21(37)32-22(30-13-6-11(24)5-12(25)7-13)31-19-9-18(33-34-19)15-4-3-14(38-2)8-17(15)26/h3-10H,1-2H3,(H3,30,31,32,33,34,37). The van der Waals surface area contributed by atoms with Crippen LogP contribution in [0.3, 0.4) is 0 Å². The van der Waals surface area contributed by atoms with Crippen molar-refractivity contribution in [1.29, 1.82) is 0 Å². The first kappa shape index (κ1) is 26.6. The van der Waals surface area contributed by atoms with Crippen LogP contribution in [-0.4, -0.2) is 39.0 Å². The maximum atomic E-state index is 14.5. The lowest BCUT2D eigenvalue weighted by Crippen LogP contribution is -2.24. The number of aryl methyl sites for hydroxylation is 1. The molecule has 4 aromatic rings. The largest absolute Gasteiger partial charge is 0.497 e. The highest BCUT2D eigenvalue weighted by atomic mass is 35.5. The first-order valence-electron chi connectivity index (χ1n) is 10.6. The van der Waals surface area contributed by atoms with Gasteiger partial charge in [0.05, 0.1) is 18.4 Å². The highest BCUT2D eigenvalue weighted by molar-refractivity contribution is 6.31. The van der Waals surface area contributed by atoms with Gasteiger partial charge in [-0.1, -0.05) is 11.6 Å². The van der Waals surface area contributed by atoms with E-state index in [0.29, 0.717) is 5.75 Å². The second kappa shape index (κ2) is 10.5. The lowest BCUT2D eigenvalue weighted by atomic mass is 10.1. The molecule has 0 radical (unpaired) electrons. The molecule has 0 aliphatic carbocycles. The molecule has 2 heterocycles. The number of guanidine groups is 1. The lowest BCUT2D eigenvalue weighted by Gasteiger charge is -2.11. The molecular weight excluding hydrogens is 537 g/mol. The number of benzene rings is 2. The van der Waals surface area contributed by atoms with Gasteiger partial charge >= 0.3 is 6.18 Å². The molecule has 38 heavy (non-hydrogen) atoms. The number of hydrogen-bond donors (Lipinski definition) is 3. The molecule has 4 rings (SSSR count). The number of alkyl halides is 3. The van der Waals surface area contributed by atoms with Crippen molar-refractivity contribution in [2.45, 2.75) is 6.18 Å². The summed E-state index contributed by atoms with van der Waals surface area (Å²) in [4.78, 5) is 16.5. The minimum Gasteiger partial charge on any atom is -0.497 e. The van der Waals surface area contributed by atoms with Crippen molar-refractivity contribution in [2.75, 3.05) is 17.7 Å². The lowest BCUT2D eigenvalue weighted by molar-refractivity contribution is -0.141. The zero-order valence-electron chi connectivity index (χ0n) is 19.5. The Morgan fingerprint density at radius 2 is 1.89 bits per heavy atom. The van der Waals surface area contributed by atoms with E-state index < -0.39 is 40.9 Å². The minimum absolute atomic E-state index is 0.00333. The van der Waals surface area contributed by atoms with Crippen molar-refractivity contribution >= 4 is 35.0 Å². The Morgan fingerprint density at radius 1 is 1.13 bits per heavy atom. The summed E-state index contributed by atoms with van der Waals surface area (Å²) in [5.41, 5.74) is -1.96. The molecule has 0 aliphatic rings. The SMILES string of the molecule is COc1ccc(-c2cc(N/C(=N/C(=O)c3cn(C)nc3C(F)(F)F)Nc3cc(F)cc(Cl)c3)[nH]n2)c(F)c1. The van der Waals surface area contributed by atoms with Crippen LogP contribution in [0, 0.1) is 11.6 Å². The molecule has 3 N–H and O–H groups in total. The number of carbonyl (C=O) groups excluding carboxylic acids is 1. The summed E-state index contributed by atoms with van der Waals surface area (Å²) in [5, 5.41) is 15.1. The van der Waals surface area contributed by atoms with Crippen molar-refractivity contribution in [2.24, 2.45) is 12.0 Å². The Balaban J connectivity index is 1.69. The number of halogens is 6. The number of aromatic amines is 1. The van der Waals surface area contributed by atoms with E-state index >= 15 is 0 Å². The number of aromatic nitrogens is 4. The van der Waals surface area contributed by atoms with Crippen LogP contribution in [0.15, 0.2) is 53.7 Å². The average Bonchev–Trinajstić information content (AvgIpc) is 3.44. The van der Waals surface area contributed by atoms with E-state index in [2.05, 4.69) is 30.9 Å². The fourth-order valence-electron chi connectivity index (χ4n) is 3.35. The van der Waals surface area contributed by atoms with E-state index in [0.717, 1.165) is 29.1 Å². The Morgan fingerprint density at radius 3 is 2.55 bits per heavy atom. The summed E-state index contributed by atoms with van der Waals surface area (Å²) >= 11 is 5.87. The van der Waals surface area contributed by atoms with E-state index in [1.54, 1.807) is 0 Å². The summed E-state index contributed by atoms with van der Waals surface area (Å²) < 4.78 is 74.2. The molecule has 9 nitrogen and oxygen atoms in total. The number of carbonyl (C=O) groups is 1. The van der Waals surface area contributed by atoms with Gasteiger partial charge in [-0.3, -0.25) is 14.6 Å². The Hall–Kier alpha value is -4.46. The molecule has 0 saturated carbocycles. The van der Waals surface area contributed by atoms with Crippen molar-refractivity contribution in [1.82, 2.24) is 20.0 Å². The fraction of sp³-hybridized carbons (Fsp3) is 0.130. The first-order chi connectivity index (χ1) is 17.9. The van der Waals surface area contributed by atoms with Crippen molar-refractivity contribution in [3.63, 3.8) is 0 Å². The van der Waals surface area contributed by atoms with Crippen LogP contribution < -0.4 is 15.4 Å². The predicted molar refractivity (Wildman–Crippen MR) is 129 cm³/mol. The molecule has 2 aromatic carbocycles. The van der Waals surface area contributed by atoms with Crippen molar-refractivity contribution < 1.29 is 31.5 Å². The molecule has 0 fully saturated rings. The third-order valence-corrected chi connectivity index (χ3v) is 5.17. The average molecular weight is 554 g/mol. The van der Waals surface area contributed by atoms with Crippen LogP contribution in [0.2, 0.25) is 5.02 Å². The van der Waals surface area contributed by atoms with Crippen LogP contribution in [0.5, 0.6) is 5.75 Å². The van der Waals surface area contributed by atoms with Crippen LogP contribution in [0.25, 0.3) is 11.3 Å². The molecule has 0 saturated heterocycles. The number of aliphatic imine (C=N–C) groups is 1. The summed E-state index contributed by atoms with van der Waals surface area (Å²) in [6.07, 6.45) is -4.05. The van der Waals surface area contributed by atoms with Gasteiger partial charge in [0.15, 0.2) is 5.69 Å². The number of H-pyrrole nitrogens is 1. The zero-order chi connectivity index (χ0) is 27.6. The minimum atomic E-state index is -4.92. The Kier molecular flexibility index (Phi) is 7.35. The van der Waals surface area contributed by atoms with E-state index in [-0.39, 0.29) is 27.8 Å². The van der Waals surface area contributed by atoms with Gasteiger partial charge in [0.1, 0.15) is 23.2 Å². The molecule has 0 aliphatic heterocycles. The Labute approximate surface area is 216 Å². The third-order valence-electron chi connectivity index (χ3n) is 4.95. The van der Waals surface area contributed by atoms with Crippen LogP contribution in [0.4, 0.5) is 33.5 Å². The normalized spacial score (nSPS) is 11.9. The molecule has 0 spiro atoms. The number of hydrogen-bond acceptors (Lipinski definition) is 4. The summed E-state index contributed by atoms with van der Waals surface area (Å²) in [5.74, 6) is -2.71. The monoisotopic (exact) mass is 553 g/mol. The number of nitrogens with one attached hydrogen (secondary N) is 3. The third kappa shape index (κ3) is 6.08. The maximum absolute atomic E-state index is 14.5. The van der Waals surface area contributed by atoms with Crippen LogP contribution in [-0.2, 0) is 13.2 Å². The fourth-order valence-corrected chi connectivity index (χ4v) is 3.57. The van der Waals surface area contributed by atoms with Gasteiger partial charge in [0.25, 0.3) is 5.91 Å². The predicted octanol–water partition coefficient (Wildman–Crippen LogP) is 5.49. The molecule has 198 valence electrons. The summed E-state index contributed by atoms with van der Waals surface area (Å²) in [6.45, 7) is 0. The van der Waals surface area contributed by atoms with Gasteiger partial charge in [-0.25, -0.2) is 8.78 Å². The highest BCUT2D eigenvalue weighted by Crippen LogP contribution is 2.31. The van der Waals surface area contributed by atoms with E-state index in [1.807, 2.05) is 0 Å². The number of amides is 1. The summed E-state index contributed by atoms with van der Waals surface area (Å²) in [6, 6.07) is 8.80. The van der Waals surface area contributed by atoms with E-state index in [1.165, 1.54) is 38.4 Å². The molecule has 2 aromatic heterocycles. The van der Waals surface area contributed by atoms with Gasteiger partial charge in [-0.2, -0.15) is 28.4 Å². The van der Waals surface area contributed by atoms with Gasteiger partial charge in [0, 0.05) is 41.7 Å². The Bertz CT molecular complexity index is 1510. The molecule has 1 amide bonds. The van der Waals surface area contributed by atoms with Gasteiger partial charge in [0.2, 0.25) is 5.96 Å². The van der Waals surface area contributed by atoms with Crippen molar-refractivity contribution in [3.05, 3.63) is 76.6 Å². The first-order valence-corrected chi connectivity index (χ1v) is 10.9. The van der Waals surface area contributed by atoms with Crippen molar-refractivity contribution in [3.8, 4) is 17.0 Å². The van der Waals surface area contributed by atoms with Gasteiger partial charge in [-0.15, -0.1) is 0 Å². The maximum Gasteiger partial charge on any atom is 0.435 e. The summed E-state index contributed by atoms with van der Waals surface area (Å²) in [7, 11) is 2.60. The second-order valence-corrected chi connectivity index (χ2v) is 8.19. The number of methoxy groups -OCH3 is 1. The zero-order valence-corrected chi connectivity index (χ0v) is 20.2. The van der Waals surface area contributed by atoms with Gasteiger partial charge in [-0.05, 0) is 30.3 Å². The molecular formula is C23H17ClF5N7O2. The highest BCUT2D eigenvalue weighted by Gasteiger charge is 2.39. The molecule has 0 atom stereocenters. The number of nitrogens with zero attached hydrogens (tertiary/aromatic N) is 4. The van der Waals surface area contributed by atoms with E-state index in [9.17, 15) is 26.7 Å². The molecule has 15 heteroatoms. The van der Waals surface area contributed by atoms with Crippen LogP contribution >= 0.6 is 11.6 Å². The topological polar surface area (TPSA) is 109 Å². The number of anilines is 2. The number of ether oxygens (including phenoxy) is 1.